The number of aliphatic hydroxyl groups excluding tert-OH is 1. The molecule has 1 aliphatic carbocycles. The minimum absolute atomic E-state index is 0.0418. The number of hydrogen-bond donors (Lipinski definition) is 1. The van der Waals surface area contributed by atoms with E-state index < -0.39 is 0 Å². The molecule has 1 aromatic carbocycles. The zero-order chi connectivity index (χ0) is 14.8. The van der Waals surface area contributed by atoms with E-state index in [1.165, 1.54) is 11.1 Å². The normalized spacial score (nSPS) is 29.5. The third kappa shape index (κ3) is 3.38. The Bertz CT molecular complexity index is 494. The summed E-state index contributed by atoms with van der Waals surface area (Å²) < 4.78 is 0. The summed E-state index contributed by atoms with van der Waals surface area (Å²) in [6, 6.07) is 10.7. The monoisotopic (exact) mass is 285 g/mol. The predicted molar refractivity (Wildman–Crippen MR) is 87.9 cm³/mol. The van der Waals surface area contributed by atoms with E-state index >= 15 is 0 Å². The fraction of sp³-hybridized carbons (Fsp3) is 0.579. The van der Waals surface area contributed by atoms with Crippen molar-refractivity contribution in [3.8, 4) is 0 Å². The molecular formula is C19H27NO. The van der Waals surface area contributed by atoms with Gasteiger partial charge >= 0.3 is 0 Å². The van der Waals surface area contributed by atoms with Gasteiger partial charge in [-0.2, -0.15) is 0 Å². The summed E-state index contributed by atoms with van der Waals surface area (Å²) in [7, 11) is 0. The lowest BCUT2D eigenvalue weighted by atomic mass is 9.74. The van der Waals surface area contributed by atoms with E-state index in [1.54, 1.807) is 0 Å². The van der Waals surface area contributed by atoms with Gasteiger partial charge in [-0.15, -0.1) is 0 Å². The first-order valence-corrected chi connectivity index (χ1v) is 8.28. The van der Waals surface area contributed by atoms with Crippen LogP contribution in [0.5, 0.6) is 0 Å². The average molecular weight is 285 g/mol. The lowest BCUT2D eigenvalue weighted by Crippen LogP contribution is -2.39. The molecule has 2 nitrogen and oxygen atoms in total. The molecule has 1 heterocycles. The second-order valence-corrected chi connectivity index (χ2v) is 7.15. The molecule has 0 radical (unpaired) electrons. The highest BCUT2D eigenvalue weighted by atomic mass is 16.3. The van der Waals surface area contributed by atoms with Crippen molar-refractivity contribution in [1.82, 2.24) is 4.90 Å². The predicted octanol–water partition coefficient (Wildman–Crippen LogP) is 3.43. The molecule has 3 rings (SSSR count). The Hall–Kier alpha value is -1.12. The van der Waals surface area contributed by atoms with Gasteiger partial charge in [0.2, 0.25) is 0 Å². The van der Waals surface area contributed by atoms with Gasteiger partial charge in [0.15, 0.2) is 0 Å². The second-order valence-electron chi connectivity index (χ2n) is 7.15. The van der Waals surface area contributed by atoms with Crippen LogP contribution in [0.25, 0.3) is 5.57 Å². The molecule has 0 spiro atoms. The molecule has 0 aromatic heterocycles. The van der Waals surface area contributed by atoms with Crippen LogP contribution in [0.4, 0.5) is 0 Å². The van der Waals surface area contributed by atoms with Crippen LogP contribution in [0.2, 0.25) is 0 Å². The molecule has 2 aliphatic rings. The maximum Gasteiger partial charge on any atom is 0.0587 e. The van der Waals surface area contributed by atoms with Crippen molar-refractivity contribution in [3.63, 3.8) is 0 Å². The van der Waals surface area contributed by atoms with E-state index in [1.807, 2.05) is 0 Å². The molecule has 1 aliphatic heterocycles. The summed E-state index contributed by atoms with van der Waals surface area (Å²) in [5.41, 5.74) is 2.79. The van der Waals surface area contributed by atoms with Gasteiger partial charge in [0.1, 0.15) is 0 Å². The summed E-state index contributed by atoms with van der Waals surface area (Å²) in [6.07, 6.45) is 4.52. The van der Waals surface area contributed by atoms with Gasteiger partial charge < -0.3 is 5.11 Å². The van der Waals surface area contributed by atoms with Crippen LogP contribution >= 0.6 is 0 Å². The van der Waals surface area contributed by atoms with E-state index in [2.05, 4.69) is 55.2 Å². The van der Waals surface area contributed by atoms with Gasteiger partial charge in [0.05, 0.1) is 6.10 Å². The van der Waals surface area contributed by atoms with Crippen molar-refractivity contribution in [2.75, 3.05) is 19.6 Å². The number of nitrogens with zero attached hydrogens (tertiary/aromatic N) is 1. The third-order valence-corrected chi connectivity index (χ3v) is 4.98. The average Bonchev–Trinajstić information content (AvgIpc) is 2.80. The highest BCUT2D eigenvalue weighted by Gasteiger charge is 2.46. The van der Waals surface area contributed by atoms with Gasteiger partial charge in [-0.05, 0) is 35.8 Å². The zero-order valence-electron chi connectivity index (χ0n) is 13.2. The van der Waals surface area contributed by atoms with Crippen molar-refractivity contribution >= 4 is 5.57 Å². The van der Waals surface area contributed by atoms with Gasteiger partial charge in [0, 0.05) is 25.6 Å². The Kier molecular flexibility index (Phi) is 4.46. The van der Waals surface area contributed by atoms with Gasteiger partial charge in [-0.3, -0.25) is 4.90 Å². The lowest BCUT2D eigenvalue weighted by Gasteiger charge is -2.35. The van der Waals surface area contributed by atoms with Gasteiger partial charge in [-0.1, -0.05) is 50.3 Å². The minimum atomic E-state index is -0.0418. The number of fused-ring (bicyclic) bond motifs is 1. The van der Waals surface area contributed by atoms with Gasteiger partial charge in [0.25, 0.3) is 0 Å². The van der Waals surface area contributed by atoms with Crippen LogP contribution in [-0.2, 0) is 0 Å². The Balaban J connectivity index is 1.69. The van der Waals surface area contributed by atoms with Crippen molar-refractivity contribution in [1.29, 1.82) is 0 Å². The number of aliphatic hydroxyl groups is 1. The van der Waals surface area contributed by atoms with Crippen LogP contribution in [0.1, 0.15) is 32.3 Å². The van der Waals surface area contributed by atoms with Crippen molar-refractivity contribution in [3.05, 3.63) is 42.0 Å². The number of likely N-dealkylation sites (tertiary alicyclic amines) is 1. The summed E-state index contributed by atoms with van der Waals surface area (Å²) in [6.45, 7) is 7.79. The number of benzene rings is 1. The van der Waals surface area contributed by atoms with Crippen LogP contribution in [0.15, 0.2) is 36.4 Å². The van der Waals surface area contributed by atoms with E-state index in [-0.39, 0.29) is 6.10 Å². The molecule has 1 aromatic rings. The molecule has 1 N–H and O–H groups in total. The van der Waals surface area contributed by atoms with E-state index in [0.717, 1.165) is 38.4 Å². The SMILES string of the molecule is CC(C)C/C=C(\CN1C[C@H]2C[C@@H](O)[C@H]2C1)c1ccccc1. The molecule has 21 heavy (non-hydrogen) atoms. The molecule has 0 unspecified atom stereocenters. The third-order valence-electron chi connectivity index (χ3n) is 4.98. The first kappa shape index (κ1) is 14.8. The smallest absolute Gasteiger partial charge is 0.0587 e. The second kappa shape index (κ2) is 6.33. The summed E-state index contributed by atoms with van der Waals surface area (Å²) in [5.74, 6) is 1.97. The first-order chi connectivity index (χ1) is 10.1. The molecule has 0 amide bonds. The number of rotatable bonds is 5. The Morgan fingerprint density at radius 1 is 1.29 bits per heavy atom. The van der Waals surface area contributed by atoms with Crippen LogP contribution in [0, 0.1) is 17.8 Å². The fourth-order valence-electron chi connectivity index (χ4n) is 3.64. The number of allylic oxidation sites excluding steroid dienone is 1. The summed E-state index contributed by atoms with van der Waals surface area (Å²) in [5, 5.41) is 9.82. The zero-order valence-corrected chi connectivity index (χ0v) is 13.2. The topological polar surface area (TPSA) is 23.5 Å². The maximum atomic E-state index is 9.82. The Labute approximate surface area is 128 Å². The molecule has 114 valence electrons. The molecule has 2 fully saturated rings. The van der Waals surface area contributed by atoms with Crippen molar-refractivity contribution in [2.24, 2.45) is 17.8 Å². The molecule has 3 atom stereocenters. The van der Waals surface area contributed by atoms with E-state index in [9.17, 15) is 5.11 Å². The standard InChI is InChI=1S/C19H27NO/c1-14(2)8-9-16(15-6-4-3-5-7-15)11-20-12-17-10-19(21)18(17)13-20/h3-7,9,14,17-19,21H,8,10-13H2,1-2H3/b16-9+/t17-,18+,19-/m1/s1. The first-order valence-electron chi connectivity index (χ1n) is 8.28. The highest BCUT2D eigenvalue weighted by molar-refractivity contribution is 5.66. The van der Waals surface area contributed by atoms with Crippen LogP contribution in [-0.4, -0.2) is 35.7 Å². The fourth-order valence-corrected chi connectivity index (χ4v) is 3.64. The Morgan fingerprint density at radius 2 is 2.05 bits per heavy atom. The van der Waals surface area contributed by atoms with Crippen molar-refractivity contribution in [2.45, 2.75) is 32.8 Å². The molecule has 1 saturated heterocycles. The molecule has 0 bridgehead atoms. The van der Waals surface area contributed by atoms with Crippen molar-refractivity contribution < 1.29 is 5.11 Å². The van der Waals surface area contributed by atoms with E-state index in [0.29, 0.717) is 11.8 Å². The molecule has 2 heteroatoms. The Morgan fingerprint density at radius 3 is 2.67 bits per heavy atom. The quantitative estimate of drug-likeness (QED) is 0.896. The van der Waals surface area contributed by atoms with E-state index in [4.69, 9.17) is 0 Å². The summed E-state index contributed by atoms with van der Waals surface area (Å²) in [4.78, 5) is 2.53. The maximum absolute atomic E-state index is 9.82. The van der Waals surface area contributed by atoms with Gasteiger partial charge in [-0.25, -0.2) is 0 Å². The van der Waals surface area contributed by atoms with Crippen LogP contribution < -0.4 is 0 Å². The molecular weight excluding hydrogens is 258 g/mol. The summed E-state index contributed by atoms with van der Waals surface area (Å²) >= 11 is 0. The largest absolute Gasteiger partial charge is 0.393 e. The van der Waals surface area contributed by atoms with Crippen LogP contribution in [0.3, 0.4) is 0 Å². The highest BCUT2D eigenvalue weighted by Crippen LogP contribution is 2.41. The number of hydrogen-bond acceptors (Lipinski definition) is 2. The minimum Gasteiger partial charge on any atom is -0.393 e. The lowest BCUT2D eigenvalue weighted by molar-refractivity contribution is -0.00429. The molecule has 1 saturated carbocycles.